The zero-order valence-corrected chi connectivity index (χ0v) is 12.1. The number of nitrogens with zero attached hydrogens (tertiary/aromatic N) is 2. The molecule has 2 heterocycles. The van der Waals surface area contributed by atoms with Crippen molar-refractivity contribution >= 4 is 5.65 Å². The first-order valence-corrected chi connectivity index (χ1v) is 7.14. The second-order valence-corrected chi connectivity index (χ2v) is 4.96. The zero-order valence-electron chi connectivity index (χ0n) is 12.1. The molecular formula is C17H19N3O. The Labute approximate surface area is 124 Å². The molecule has 4 heteroatoms. The van der Waals surface area contributed by atoms with Gasteiger partial charge in [0.05, 0.1) is 18.5 Å². The Morgan fingerprint density at radius 3 is 2.67 bits per heavy atom. The summed E-state index contributed by atoms with van der Waals surface area (Å²) in [5.41, 5.74) is 9.98. The maximum Gasteiger partial charge on any atom is 0.137 e. The van der Waals surface area contributed by atoms with E-state index < -0.39 is 0 Å². The standard InChI is InChI=1S/C17H19N3O/c1-21-14-9-7-13(8-10-14)17-15(5-4-11-18)20-12-3-2-6-16(20)19-17/h2-3,6-10,12H,4-5,11,18H2,1H3. The van der Waals surface area contributed by atoms with E-state index in [1.165, 1.54) is 5.69 Å². The highest BCUT2D eigenvalue weighted by Crippen LogP contribution is 2.27. The van der Waals surface area contributed by atoms with Crippen molar-refractivity contribution in [1.82, 2.24) is 9.38 Å². The van der Waals surface area contributed by atoms with Gasteiger partial charge in [-0.2, -0.15) is 0 Å². The summed E-state index contributed by atoms with van der Waals surface area (Å²) in [6.07, 6.45) is 3.93. The predicted molar refractivity (Wildman–Crippen MR) is 84.6 cm³/mol. The maximum atomic E-state index is 5.67. The second-order valence-electron chi connectivity index (χ2n) is 4.96. The first kappa shape index (κ1) is 13.6. The molecule has 0 amide bonds. The highest BCUT2D eigenvalue weighted by atomic mass is 16.5. The van der Waals surface area contributed by atoms with Crippen molar-refractivity contribution in [1.29, 1.82) is 0 Å². The highest BCUT2D eigenvalue weighted by molar-refractivity contribution is 5.67. The van der Waals surface area contributed by atoms with Crippen molar-refractivity contribution in [2.24, 2.45) is 5.73 Å². The van der Waals surface area contributed by atoms with Crippen LogP contribution in [0.1, 0.15) is 12.1 Å². The summed E-state index contributed by atoms with van der Waals surface area (Å²) < 4.78 is 7.37. The van der Waals surface area contributed by atoms with Crippen LogP contribution in [0.3, 0.4) is 0 Å². The van der Waals surface area contributed by atoms with E-state index in [1.54, 1.807) is 7.11 Å². The minimum atomic E-state index is 0.683. The largest absolute Gasteiger partial charge is 0.497 e. The van der Waals surface area contributed by atoms with E-state index in [0.717, 1.165) is 35.5 Å². The fraction of sp³-hybridized carbons (Fsp3) is 0.235. The van der Waals surface area contributed by atoms with Crippen molar-refractivity contribution in [2.75, 3.05) is 13.7 Å². The van der Waals surface area contributed by atoms with E-state index in [-0.39, 0.29) is 0 Å². The molecule has 3 rings (SSSR count). The summed E-state index contributed by atoms with van der Waals surface area (Å²) in [7, 11) is 1.67. The summed E-state index contributed by atoms with van der Waals surface area (Å²) in [5, 5.41) is 0. The Bertz CT molecular complexity index is 731. The third-order valence-corrected chi connectivity index (χ3v) is 3.61. The summed E-state index contributed by atoms with van der Waals surface area (Å²) >= 11 is 0. The topological polar surface area (TPSA) is 52.5 Å². The molecule has 0 aliphatic heterocycles. The second kappa shape index (κ2) is 5.97. The number of hydrogen-bond donors (Lipinski definition) is 1. The lowest BCUT2D eigenvalue weighted by molar-refractivity contribution is 0.415. The highest BCUT2D eigenvalue weighted by Gasteiger charge is 2.13. The number of fused-ring (bicyclic) bond motifs is 1. The van der Waals surface area contributed by atoms with Gasteiger partial charge in [-0.15, -0.1) is 0 Å². The van der Waals surface area contributed by atoms with Gasteiger partial charge in [0.2, 0.25) is 0 Å². The molecule has 4 nitrogen and oxygen atoms in total. The molecule has 0 spiro atoms. The molecule has 21 heavy (non-hydrogen) atoms. The Balaban J connectivity index is 2.10. The molecule has 0 aliphatic rings. The monoisotopic (exact) mass is 281 g/mol. The third-order valence-electron chi connectivity index (χ3n) is 3.61. The quantitative estimate of drug-likeness (QED) is 0.782. The van der Waals surface area contributed by atoms with Crippen LogP contribution in [-0.4, -0.2) is 23.0 Å². The number of ether oxygens (including phenoxy) is 1. The van der Waals surface area contributed by atoms with Crippen LogP contribution in [-0.2, 0) is 6.42 Å². The lowest BCUT2D eigenvalue weighted by Crippen LogP contribution is -2.03. The molecule has 3 aromatic rings. The SMILES string of the molecule is COc1ccc(-c2nc3ccccn3c2CCCN)cc1. The molecule has 108 valence electrons. The minimum Gasteiger partial charge on any atom is -0.497 e. The molecule has 2 N–H and O–H groups in total. The van der Waals surface area contributed by atoms with Crippen LogP contribution < -0.4 is 10.5 Å². The van der Waals surface area contributed by atoms with Gasteiger partial charge >= 0.3 is 0 Å². The predicted octanol–water partition coefficient (Wildman–Crippen LogP) is 2.90. The zero-order chi connectivity index (χ0) is 14.7. The molecule has 1 aromatic carbocycles. The lowest BCUT2D eigenvalue weighted by atomic mass is 10.1. The number of aryl methyl sites for hydroxylation is 1. The van der Waals surface area contributed by atoms with Gasteiger partial charge in [-0.1, -0.05) is 6.07 Å². The average Bonchev–Trinajstić information content (AvgIpc) is 2.91. The van der Waals surface area contributed by atoms with Crippen LogP contribution in [0.25, 0.3) is 16.9 Å². The van der Waals surface area contributed by atoms with E-state index in [1.807, 2.05) is 42.5 Å². The third kappa shape index (κ3) is 2.62. The molecule has 0 atom stereocenters. The fourth-order valence-corrected chi connectivity index (χ4v) is 2.54. The summed E-state index contributed by atoms with van der Waals surface area (Å²) in [5.74, 6) is 0.853. The van der Waals surface area contributed by atoms with Crippen LogP contribution in [0.4, 0.5) is 0 Å². The Kier molecular flexibility index (Phi) is 3.88. The number of nitrogens with two attached hydrogens (primary N) is 1. The van der Waals surface area contributed by atoms with Crippen LogP contribution in [0.5, 0.6) is 5.75 Å². The molecule has 0 fully saturated rings. The number of aromatic nitrogens is 2. The number of imidazole rings is 1. The summed E-state index contributed by atoms with van der Waals surface area (Å²) in [4.78, 5) is 4.77. The van der Waals surface area contributed by atoms with E-state index in [0.29, 0.717) is 6.54 Å². The summed E-state index contributed by atoms with van der Waals surface area (Å²) in [6.45, 7) is 0.683. The van der Waals surface area contributed by atoms with Crippen molar-refractivity contribution in [2.45, 2.75) is 12.8 Å². The van der Waals surface area contributed by atoms with Gasteiger partial charge in [0, 0.05) is 11.8 Å². The molecule has 0 bridgehead atoms. The van der Waals surface area contributed by atoms with Gasteiger partial charge in [-0.3, -0.25) is 0 Å². The molecule has 2 aromatic heterocycles. The molecule has 0 radical (unpaired) electrons. The van der Waals surface area contributed by atoms with Crippen molar-refractivity contribution in [3.05, 3.63) is 54.4 Å². The van der Waals surface area contributed by atoms with Crippen LogP contribution in [0.2, 0.25) is 0 Å². The molecular weight excluding hydrogens is 262 g/mol. The smallest absolute Gasteiger partial charge is 0.137 e. The van der Waals surface area contributed by atoms with Gasteiger partial charge < -0.3 is 14.9 Å². The van der Waals surface area contributed by atoms with E-state index >= 15 is 0 Å². The van der Waals surface area contributed by atoms with Crippen molar-refractivity contribution in [3.63, 3.8) is 0 Å². The number of pyridine rings is 1. The number of benzene rings is 1. The van der Waals surface area contributed by atoms with E-state index in [4.69, 9.17) is 15.5 Å². The number of methoxy groups -OCH3 is 1. The molecule has 0 aliphatic carbocycles. The van der Waals surface area contributed by atoms with Crippen LogP contribution in [0.15, 0.2) is 48.7 Å². The van der Waals surface area contributed by atoms with E-state index in [2.05, 4.69) is 10.6 Å². The summed E-state index contributed by atoms with van der Waals surface area (Å²) in [6, 6.07) is 14.1. The Morgan fingerprint density at radius 2 is 1.95 bits per heavy atom. The number of hydrogen-bond acceptors (Lipinski definition) is 3. The molecule has 0 saturated heterocycles. The van der Waals surface area contributed by atoms with Gasteiger partial charge in [0.1, 0.15) is 11.4 Å². The van der Waals surface area contributed by atoms with E-state index in [9.17, 15) is 0 Å². The average molecular weight is 281 g/mol. The Hall–Kier alpha value is -2.33. The normalized spacial score (nSPS) is 11.0. The van der Waals surface area contributed by atoms with Crippen LogP contribution in [0, 0.1) is 0 Å². The molecule has 0 saturated carbocycles. The fourth-order valence-electron chi connectivity index (χ4n) is 2.54. The van der Waals surface area contributed by atoms with Gasteiger partial charge in [0.25, 0.3) is 0 Å². The lowest BCUT2D eigenvalue weighted by Gasteiger charge is -2.05. The van der Waals surface area contributed by atoms with Gasteiger partial charge in [-0.25, -0.2) is 4.98 Å². The first-order valence-electron chi connectivity index (χ1n) is 7.14. The number of rotatable bonds is 5. The van der Waals surface area contributed by atoms with Crippen molar-refractivity contribution in [3.8, 4) is 17.0 Å². The minimum absolute atomic E-state index is 0.683. The van der Waals surface area contributed by atoms with Gasteiger partial charge in [-0.05, 0) is 55.8 Å². The van der Waals surface area contributed by atoms with Crippen molar-refractivity contribution < 1.29 is 4.74 Å². The first-order chi connectivity index (χ1) is 10.3. The van der Waals surface area contributed by atoms with Crippen LogP contribution >= 0.6 is 0 Å². The van der Waals surface area contributed by atoms with Gasteiger partial charge in [0.15, 0.2) is 0 Å². The maximum absolute atomic E-state index is 5.67. The Morgan fingerprint density at radius 1 is 1.14 bits per heavy atom. The molecule has 0 unspecified atom stereocenters.